The van der Waals surface area contributed by atoms with Gasteiger partial charge in [-0.1, -0.05) is 0 Å². The maximum atomic E-state index is 13.7. The van der Waals surface area contributed by atoms with Gasteiger partial charge in [0, 0.05) is 32.2 Å². The molecule has 3 N–H and O–H groups in total. The van der Waals surface area contributed by atoms with Crippen molar-refractivity contribution in [3.8, 4) is 6.07 Å². The fourth-order valence-electron chi connectivity index (χ4n) is 1.84. The number of aliphatic imine (C=N–C) groups is 1. The molecule has 9 heteroatoms. The van der Waals surface area contributed by atoms with E-state index in [4.69, 9.17) is 10.00 Å². The summed E-state index contributed by atoms with van der Waals surface area (Å²) >= 11 is 0. The number of halogens is 2. The predicted molar refractivity (Wildman–Crippen MR) is 109 cm³/mol. The van der Waals surface area contributed by atoms with Crippen molar-refractivity contribution in [2.45, 2.75) is 32.9 Å². The zero-order valence-corrected chi connectivity index (χ0v) is 17.7. The molecule has 7 nitrogen and oxygen atoms in total. The van der Waals surface area contributed by atoms with Crippen molar-refractivity contribution < 1.29 is 13.9 Å². The third-order valence-corrected chi connectivity index (χ3v) is 2.93. The van der Waals surface area contributed by atoms with Gasteiger partial charge in [0.2, 0.25) is 0 Å². The van der Waals surface area contributed by atoms with Crippen LogP contribution in [0.1, 0.15) is 31.9 Å². The third kappa shape index (κ3) is 9.41. The molecule has 0 aliphatic heterocycles. The molecule has 1 amide bonds. The van der Waals surface area contributed by atoms with Crippen LogP contribution in [-0.4, -0.2) is 37.8 Å². The number of alkyl carbamates (subject to hydrolysis) is 1. The van der Waals surface area contributed by atoms with Crippen LogP contribution in [0.4, 0.5) is 9.18 Å². The first-order chi connectivity index (χ1) is 11.7. The Kier molecular flexibility index (Phi) is 10.6. The van der Waals surface area contributed by atoms with E-state index in [0.717, 1.165) is 0 Å². The van der Waals surface area contributed by atoms with E-state index >= 15 is 0 Å². The van der Waals surface area contributed by atoms with Crippen molar-refractivity contribution in [2.75, 3.05) is 20.1 Å². The normalized spacial score (nSPS) is 11.0. The second-order valence-electron chi connectivity index (χ2n) is 6.20. The van der Waals surface area contributed by atoms with Crippen LogP contribution in [0.15, 0.2) is 23.2 Å². The highest BCUT2D eigenvalue weighted by atomic mass is 127. The fourth-order valence-corrected chi connectivity index (χ4v) is 1.84. The van der Waals surface area contributed by atoms with Crippen LogP contribution >= 0.6 is 24.0 Å². The molecule has 1 aromatic carbocycles. The monoisotopic (exact) mass is 477 g/mol. The number of ether oxygens (including phenoxy) is 1. The average Bonchev–Trinajstić information content (AvgIpc) is 2.54. The Morgan fingerprint density at radius 3 is 2.50 bits per heavy atom. The lowest BCUT2D eigenvalue weighted by Gasteiger charge is -2.20. The van der Waals surface area contributed by atoms with Crippen LogP contribution in [0, 0.1) is 17.1 Å². The van der Waals surface area contributed by atoms with Gasteiger partial charge in [0.1, 0.15) is 11.4 Å². The molecule has 144 valence electrons. The highest BCUT2D eigenvalue weighted by Gasteiger charge is 2.15. The molecule has 0 fully saturated rings. The predicted octanol–water partition coefficient (Wildman–Crippen LogP) is 2.51. The maximum Gasteiger partial charge on any atom is 0.407 e. The van der Waals surface area contributed by atoms with Gasteiger partial charge >= 0.3 is 6.09 Å². The van der Waals surface area contributed by atoms with Gasteiger partial charge in [0.05, 0.1) is 11.6 Å². The van der Waals surface area contributed by atoms with Crippen molar-refractivity contribution >= 4 is 36.0 Å². The molecule has 0 aliphatic carbocycles. The van der Waals surface area contributed by atoms with Gasteiger partial charge < -0.3 is 20.7 Å². The van der Waals surface area contributed by atoms with Crippen LogP contribution in [0.25, 0.3) is 0 Å². The van der Waals surface area contributed by atoms with Crippen molar-refractivity contribution in [2.24, 2.45) is 4.99 Å². The van der Waals surface area contributed by atoms with Crippen molar-refractivity contribution in [3.63, 3.8) is 0 Å². The lowest BCUT2D eigenvalue weighted by atomic mass is 10.1. The van der Waals surface area contributed by atoms with E-state index in [1.807, 2.05) is 6.07 Å². The van der Waals surface area contributed by atoms with E-state index in [9.17, 15) is 9.18 Å². The number of carbonyl (C=O) groups excluding carboxylic acids is 1. The Morgan fingerprint density at radius 2 is 1.92 bits per heavy atom. The number of hydrogen-bond donors (Lipinski definition) is 3. The van der Waals surface area contributed by atoms with Gasteiger partial charge in [-0.3, -0.25) is 4.99 Å². The average molecular weight is 477 g/mol. The zero-order valence-electron chi connectivity index (χ0n) is 15.4. The second kappa shape index (κ2) is 11.5. The number of hydrogen-bond acceptors (Lipinski definition) is 4. The van der Waals surface area contributed by atoms with Gasteiger partial charge in [0.25, 0.3) is 0 Å². The molecule has 0 atom stereocenters. The highest BCUT2D eigenvalue weighted by molar-refractivity contribution is 14.0. The van der Waals surface area contributed by atoms with E-state index in [1.54, 1.807) is 27.8 Å². The van der Waals surface area contributed by atoms with Gasteiger partial charge in [-0.2, -0.15) is 5.26 Å². The number of guanidine groups is 1. The Hall–Kier alpha value is -2.09. The van der Waals surface area contributed by atoms with Gasteiger partial charge in [-0.15, -0.1) is 24.0 Å². The largest absolute Gasteiger partial charge is 0.444 e. The van der Waals surface area contributed by atoms with Gasteiger partial charge in [-0.25, -0.2) is 9.18 Å². The van der Waals surface area contributed by atoms with Crippen molar-refractivity contribution in [3.05, 3.63) is 35.1 Å². The molecule has 0 unspecified atom stereocenters. The molecular weight excluding hydrogens is 452 g/mol. The van der Waals surface area contributed by atoms with Crippen LogP contribution in [0.5, 0.6) is 0 Å². The quantitative estimate of drug-likeness (QED) is 0.262. The number of benzene rings is 1. The summed E-state index contributed by atoms with van der Waals surface area (Å²) in [7, 11) is 1.58. The summed E-state index contributed by atoms with van der Waals surface area (Å²) in [5.74, 6) is 0.0568. The minimum atomic E-state index is -0.545. The SMILES string of the molecule is CN=C(NCCNC(=O)OC(C)(C)C)NCc1cc(C#N)ccc1F.I. The Labute approximate surface area is 170 Å². The smallest absolute Gasteiger partial charge is 0.407 e. The first kappa shape index (κ1) is 23.9. The Bertz CT molecular complexity index is 668. The molecule has 0 aromatic heterocycles. The summed E-state index contributed by atoms with van der Waals surface area (Å²) < 4.78 is 18.8. The standard InChI is InChI=1S/C17H24FN5O2.HI/c1-17(2,3)25-16(24)22-8-7-21-15(20-4)23-11-13-9-12(10-19)5-6-14(13)18;/h5-6,9H,7-8,11H2,1-4H3,(H,22,24)(H2,20,21,23);1H. The summed E-state index contributed by atoms with van der Waals surface area (Å²) in [6.07, 6.45) is -0.493. The van der Waals surface area contributed by atoms with Crippen molar-refractivity contribution in [1.82, 2.24) is 16.0 Å². The lowest BCUT2D eigenvalue weighted by molar-refractivity contribution is 0.0529. The molecule has 1 rings (SSSR count). The molecule has 26 heavy (non-hydrogen) atoms. The summed E-state index contributed by atoms with van der Waals surface area (Å²) in [6, 6.07) is 6.14. The number of nitrogens with one attached hydrogen (secondary N) is 3. The van der Waals surface area contributed by atoms with Gasteiger partial charge in [-0.05, 0) is 39.0 Å². The van der Waals surface area contributed by atoms with Crippen LogP contribution < -0.4 is 16.0 Å². The number of rotatable bonds is 5. The number of carbonyl (C=O) groups is 1. The molecule has 0 spiro atoms. The van der Waals surface area contributed by atoms with E-state index in [-0.39, 0.29) is 30.5 Å². The number of nitrogens with zero attached hydrogens (tertiary/aromatic N) is 2. The van der Waals surface area contributed by atoms with E-state index in [0.29, 0.717) is 30.2 Å². The second-order valence-corrected chi connectivity index (χ2v) is 6.20. The molecule has 0 bridgehead atoms. The molecular formula is C17H25FIN5O2. The Morgan fingerprint density at radius 1 is 1.27 bits per heavy atom. The first-order valence-electron chi connectivity index (χ1n) is 7.85. The first-order valence-corrected chi connectivity index (χ1v) is 7.85. The Balaban J connectivity index is 0.00000625. The molecule has 0 saturated carbocycles. The van der Waals surface area contributed by atoms with Crippen LogP contribution in [-0.2, 0) is 11.3 Å². The molecule has 0 aliphatic rings. The number of nitriles is 1. The van der Waals surface area contributed by atoms with Crippen LogP contribution in [0.3, 0.4) is 0 Å². The lowest BCUT2D eigenvalue weighted by Crippen LogP contribution is -2.42. The van der Waals surface area contributed by atoms with Crippen molar-refractivity contribution in [1.29, 1.82) is 5.26 Å². The summed E-state index contributed by atoms with van der Waals surface area (Å²) in [4.78, 5) is 15.5. The molecule has 0 heterocycles. The summed E-state index contributed by atoms with van der Waals surface area (Å²) in [5, 5.41) is 17.4. The van der Waals surface area contributed by atoms with Gasteiger partial charge in [0.15, 0.2) is 5.96 Å². The third-order valence-electron chi connectivity index (χ3n) is 2.93. The summed E-state index contributed by atoms with van der Waals surface area (Å²) in [6.45, 7) is 6.30. The number of amides is 1. The minimum absolute atomic E-state index is 0. The molecule has 0 saturated heterocycles. The van der Waals surface area contributed by atoms with Crippen LogP contribution in [0.2, 0.25) is 0 Å². The van der Waals surface area contributed by atoms with E-state index < -0.39 is 17.5 Å². The molecule has 1 aromatic rings. The van der Waals surface area contributed by atoms with E-state index in [1.165, 1.54) is 18.2 Å². The summed E-state index contributed by atoms with van der Waals surface area (Å²) in [5.41, 5.74) is 0.216. The zero-order chi connectivity index (χ0) is 18.9. The maximum absolute atomic E-state index is 13.7. The minimum Gasteiger partial charge on any atom is -0.444 e. The fraction of sp³-hybridized carbons (Fsp3) is 0.471. The molecule has 0 radical (unpaired) electrons. The topological polar surface area (TPSA) is 98.5 Å². The van der Waals surface area contributed by atoms with E-state index in [2.05, 4.69) is 20.9 Å². The highest BCUT2D eigenvalue weighted by Crippen LogP contribution is 2.09.